The number of methoxy groups -OCH3 is 1. The number of benzene rings is 1. The first-order valence-corrected chi connectivity index (χ1v) is 8.75. The number of halogens is 1. The van der Waals surface area contributed by atoms with Crippen molar-refractivity contribution in [3.8, 4) is 11.6 Å². The number of aromatic nitrogens is 1. The molecule has 0 spiro atoms. The highest BCUT2D eigenvalue weighted by atomic mass is 19.1. The molecule has 0 bridgehead atoms. The van der Waals surface area contributed by atoms with Gasteiger partial charge in [-0.1, -0.05) is 0 Å². The van der Waals surface area contributed by atoms with Crippen molar-refractivity contribution in [3.63, 3.8) is 0 Å². The Bertz CT molecular complexity index is 983. The molecule has 1 saturated heterocycles. The highest BCUT2D eigenvalue weighted by Gasteiger charge is 2.57. The Balaban J connectivity index is 1.91. The van der Waals surface area contributed by atoms with Crippen molar-refractivity contribution in [3.05, 3.63) is 30.0 Å². The van der Waals surface area contributed by atoms with E-state index in [1.165, 1.54) is 19.4 Å². The molecule has 154 valence electrons. The standard InChI is InChI=1S/C18H17B2FN2O7/c1-29-12-5-10-8(4-9(12)6-24)2-3-22-16(10)30-7-11-13(14(21)15(25)23-11)17(19,26)18(20,27)28/h2-6,11,13-14,26-28H,7H2,1H3,(H,23,25)/t11?,13?,14-,17?/m0/s1. The maximum Gasteiger partial charge on any atom is 0.255 e. The van der Waals surface area contributed by atoms with E-state index in [9.17, 15) is 29.3 Å². The summed E-state index contributed by atoms with van der Waals surface area (Å²) in [7, 11) is 11.9. The van der Waals surface area contributed by atoms with E-state index in [2.05, 4.69) is 10.3 Å². The Labute approximate surface area is 173 Å². The smallest absolute Gasteiger partial charge is 0.255 e. The van der Waals surface area contributed by atoms with E-state index in [0.717, 1.165) is 0 Å². The monoisotopic (exact) mass is 414 g/mol. The Hall–Kier alpha value is -2.69. The third-order valence-electron chi connectivity index (χ3n) is 5.03. The Kier molecular flexibility index (Phi) is 5.76. The second-order valence-electron chi connectivity index (χ2n) is 6.95. The Morgan fingerprint density at radius 1 is 1.33 bits per heavy atom. The summed E-state index contributed by atoms with van der Waals surface area (Å²) in [4.78, 5) is 27.0. The first-order chi connectivity index (χ1) is 14.0. The first-order valence-electron chi connectivity index (χ1n) is 8.75. The van der Waals surface area contributed by atoms with E-state index in [4.69, 9.17) is 25.2 Å². The van der Waals surface area contributed by atoms with Crippen molar-refractivity contribution in [2.24, 2.45) is 5.92 Å². The van der Waals surface area contributed by atoms with E-state index >= 15 is 0 Å². The van der Waals surface area contributed by atoms with Crippen molar-refractivity contribution in [2.45, 2.75) is 23.4 Å². The first kappa shape index (κ1) is 22.0. The van der Waals surface area contributed by atoms with Crippen LogP contribution >= 0.6 is 0 Å². The van der Waals surface area contributed by atoms with Crippen molar-refractivity contribution >= 4 is 38.7 Å². The summed E-state index contributed by atoms with van der Waals surface area (Å²) in [6, 6.07) is 3.45. The fourth-order valence-corrected chi connectivity index (χ4v) is 3.38. The zero-order valence-electron chi connectivity index (χ0n) is 15.8. The van der Waals surface area contributed by atoms with Gasteiger partial charge in [0.15, 0.2) is 20.3 Å². The van der Waals surface area contributed by atoms with Gasteiger partial charge in [0, 0.05) is 17.5 Å². The summed E-state index contributed by atoms with van der Waals surface area (Å²) in [6.07, 6.45) is -0.330. The molecule has 1 amide bonds. The van der Waals surface area contributed by atoms with Crippen molar-refractivity contribution in [1.82, 2.24) is 10.3 Å². The fourth-order valence-electron chi connectivity index (χ4n) is 3.38. The molecule has 4 atom stereocenters. The topological polar surface area (TPSA) is 138 Å². The Morgan fingerprint density at radius 3 is 2.63 bits per heavy atom. The largest absolute Gasteiger partial charge is 0.496 e. The number of amides is 1. The molecule has 2 heterocycles. The van der Waals surface area contributed by atoms with Gasteiger partial charge >= 0.3 is 0 Å². The van der Waals surface area contributed by atoms with Crippen LogP contribution in [0.25, 0.3) is 10.8 Å². The summed E-state index contributed by atoms with van der Waals surface area (Å²) in [6.45, 7) is -0.434. The third kappa shape index (κ3) is 3.73. The molecule has 0 saturated carbocycles. The van der Waals surface area contributed by atoms with E-state index in [0.29, 0.717) is 22.6 Å². The summed E-state index contributed by atoms with van der Waals surface area (Å²) in [5, 5.41) is 32.5. The highest BCUT2D eigenvalue weighted by molar-refractivity contribution is 6.24. The number of rotatable bonds is 7. The van der Waals surface area contributed by atoms with E-state index in [1.54, 1.807) is 12.1 Å². The summed E-state index contributed by atoms with van der Waals surface area (Å²) >= 11 is 0. The molecule has 1 aromatic heterocycles. The summed E-state index contributed by atoms with van der Waals surface area (Å²) in [5.41, 5.74) is -6.15. The van der Waals surface area contributed by atoms with Gasteiger partial charge in [-0.05, 0) is 23.6 Å². The number of pyridine rings is 1. The molecular weight excluding hydrogens is 397 g/mol. The molecule has 30 heavy (non-hydrogen) atoms. The van der Waals surface area contributed by atoms with Crippen molar-refractivity contribution in [1.29, 1.82) is 0 Å². The number of hydrogen-bond donors (Lipinski definition) is 4. The second-order valence-corrected chi connectivity index (χ2v) is 6.95. The molecule has 3 rings (SSSR count). The van der Waals surface area contributed by atoms with Crippen LogP contribution in [0.2, 0.25) is 0 Å². The number of hydrogen-bond acceptors (Lipinski definition) is 8. The van der Waals surface area contributed by atoms with Gasteiger partial charge in [-0.2, -0.15) is 0 Å². The number of carbonyl (C=O) groups excluding carboxylic acids is 2. The molecular formula is C18H17B2FN2O7. The van der Waals surface area contributed by atoms with E-state index in [-0.39, 0.29) is 11.6 Å². The number of carbonyl (C=O) groups is 2. The number of nitrogens with zero attached hydrogens (tertiary/aromatic N) is 1. The molecule has 1 aliphatic rings. The lowest BCUT2D eigenvalue weighted by molar-refractivity contribution is -0.207. The number of nitrogens with one attached hydrogen (secondary N) is 1. The molecule has 3 unspecified atom stereocenters. The summed E-state index contributed by atoms with van der Waals surface area (Å²) < 4.78 is 25.1. The maximum atomic E-state index is 14.4. The molecule has 1 aromatic carbocycles. The van der Waals surface area contributed by atoms with Crippen LogP contribution in [-0.2, 0) is 4.79 Å². The van der Waals surface area contributed by atoms with Gasteiger partial charge in [-0.15, -0.1) is 0 Å². The molecule has 12 heteroatoms. The summed E-state index contributed by atoms with van der Waals surface area (Å²) in [5.74, 6) is -2.62. The van der Waals surface area contributed by atoms with Gasteiger partial charge in [-0.3, -0.25) is 9.59 Å². The number of aldehydes is 1. The van der Waals surface area contributed by atoms with Crippen molar-refractivity contribution in [2.75, 3.05) is 13.7 Å². The number of aliphatic hydroxyl groups is 3. The predicted octanol–water partition coefficient (Wildman–Crippen LogP) is -1.45. The minimum absolute atomic E-state index is 0.0612. The van der Waals surface area contributed by atoms with Crippen LogP contribution in [0.3, 0.4) is 0 Å². The lowest BCUT2D eigenvalue weighted by Crippen LogP contribution is -2.64. The van der Waals surface area contributed by atoms with Crippen LogP contribution in [-0.4, -0.2) is 85.3 Å². The normalized spacial score (nSPS) is 23.6. The van der Waals surface area contributed by atoms with Gasteiger partial charge in [0.1, 0.15) is 25.9 Å². The molecule has 1 aliphatic heterocycles. The van der Waals surface area contributed by atoms with Crippen LogP contribution < -0.4 is 14.8 Å². The van der Waals surface area contributed by atoms with Crippen LogP contribution in [0.1, 0.15) is 10.4 Å². The zero-order chi connectivity index (χ0) is 22.3. The van der Waals surface area contributed by atoms with Crippen molar-refractivity contribution < 1.29 is 38.8 Å². The average Bonchev–Trinajstić information content (AvgIpc) is 2.98. The van der Waals surface area contributed by atoms with Gasteiger partial charge in [0.2, 0.25) is 5.88 Å². The SMILES string of the molecule is [B]C(O)(O)C([B])(O)C1C(COc2nccc3cc(C=O)c(OC)cc23)NC(=O)[C@H]1F. The highest BCUT2D eigenvalue weighted by Crippen LogP contribution is 2.35. The number of ether oxygens (including phenoxy) is 2. The molecule has 1 fully saturated rings. The molecule has 2 aromatic rings. The quantitative estimate of drug-likeness (QED) is 0.246. The van der Waals surface area contributed by atoms with E-state index in [1.807, 2.05) is 0 Å². The fraction of sp³-hybridized carbons (Fsp3) is 0.389. The molecule has 4 radical (unpaired) electrons. The minimum Gasteiger partial charge on any atom is -0.496 e. The van der Waals surface area contributed by atoms with Crippen LogP contribution in [0.4, 0.5) is 4.39 Å². The van der Waals surface area contributed by atoms with Gasteiger partial charge in [-0.25, -0.2) is 9.37 Å². The lowest BCUT2D eigenvalue weighted by Gasteiger charge is -2.42. The molecule has 9 nitrogen and oxygen atoms in total. The van der Waals surface area contributed by atoms with E-state index < -0.39 is 41.8 Å². The Morgan fingerprint density at radius 2 is 2.03 bits per heavy atom. The van der Waals surface area contributed by atoms with Crippen LogP contribution in [0, 0.1) is 5.92 Å². The van der Waals surface area contributed by atoms with Gasteiger partial charge in [0.25, 0.3) is 5.91 Å². The second kappa shape index (κ2) is 7.86. The average molecular weight is 414 g/mol. The zero-order valence-corrected chi connectivity index (χ0v) is 15.8. The number of alkyl halides is 1. The molecule has 4 N–H and O–H groups in total. The third-order valence-corrected chi connectivity index (χ3v) is 5.03. The predicted molar refractivity (Wildman–Crippen MR) is 103 cm³/mol. The lowest BCUT2D eigenvalue weighted by atomic mass is 9.57. The molecule has 0 aliphatic carbocycles. The maximum absolute atomic E-state index is 14.4. The van der Waals surface area contributed by atoms with Crippen LogP contribution in [0.15, 0.2) is 24.4 Å². The number of fused-ring (bicyclic) bond motifs is 1. The minimum atomic E-state index is -3.39. The van der Waals surface area contributed by atoms with Gasteiger partial charge < -0.3 is 30.1 Å². The van der Waals surface area contributed by atoms with Gasteiger partial charge in [0.05, 0.1) is 24.2 Å². The van der Waals surface area contributed by atoms with Crippen LogP contribution in [0.5, 0.6) is 11.6 Å².